The summed E-state index contributed by atoms with van der Waals surface area (Å²) in [6.45, 7) is -0.0452. The van der Waals surface area contributed by atoms with Crippen LogP contribution in [0.2, 0.25) is 0 Å². The lowest BCUT2D eigenvalue weighted by atomic mass is 10.4. The molecule has 20 heavy (non-hydrogen) atoms. The predicted molar refractivity (Wildman–Crippen MR) is 64.0 cm³/mol. The number of rotatable bonds is 9. The fourth-order valence-corrected chi connectivity index (χ4v) is 1.28. The van der Waals surface area contributed by atoms with Crippen LogP contribution in [-0.2, 0) is 19.1 Å². The smallest absolute Gasteiger partial charge is 0.401 e. The highest BCUT2D eigenvalue weighted by atomic mass is 19.4. The van der Waals surface area contributed by atoms with Crippen LogP contribution in [0.15, 0.2) is 0 Å². The molecule has 0 spiro atoms. The van der Waals surface area contributed by atoms with Crippen molar-refractivity contribution in [2.75, 3.05) is 46.5 Å². The van der Waals surface area contributed by atoms with Crippen molar-refractivity contribution in [2.24, 2.45) is 0 Å². The van der Waals surface area contributed by atoms with Crippen molar-refractivity contribution in [1.82, 2.24) is 10.2 Å². The molecule has 9 heteroatoms. The topological polar surface area (TPSA) is 67.9 Å². The summed E-state index contributed by atoms with van der Waals surface area (Å²) in [6, 6.07) is 0. The summed E-state index contributed by atoms with van der Waals surface area (Å²) in [5, 5.41) is 1.98. The van der Waals surface area contributed by atoms with Crippen LogP contribution in [-0.4, -0.2) is 69.5 Å². The molecule has 0 radical (unpaired) electrons. The molecule has 0 heterocycles. The minimum atomic E-state index is -4.39. The van der Waals surface area contributed by atoms with Gasteiger partial charge in [0.05, 0.1) is 26.3 Å². The minimum Gasteiger partial charge on any atom is -0.465 e. The monoisotopic (exact) mass is 300 g/mol. The minimum absolute atomic E-state index is 0.0991. The first kappa shape index (κ1) is 18.7. The van der Waals surface area contributed by atoms with Gasteiger partial charge in [-0.25, -0.2) is 0 Å². The zero-order valence-corrected chi connectivity index (χ0v) is 11.5. The predicted octanol–water partition coefficient (Wildman–Crippen LogP) is 0.176. The van der Waals surface area contributed by atoms with Crippen LogP contribution >= 0.6 is 0 Å². The molecule has 0 fully saturated rings. The Morgan fingerprint density at radius 1 is 1.30 bits per heavy atom. The van der Waals surface area contributed by atoms with E-state index in [-0.39, 0.29) is 26.3 Å². The average molecular weight is 300 g/mol. The van der Waals surface area contributed by atoms with Gasteiger partial charge in [-0.3, -0.25) is 9.59 Å². The van der Waals surface area contributed by atoms with Gasteiger partial charge in [0.25, 0.3) is 0 Å². The zero-order chi connectivity index (χ0) is 15.6. The Morgan fingerprint density at radius 2 is 1.95 bits per heavy atom. The highest BCUT2D eigenvalue weighted by Crippen LogP contribution is 2.11. The number of hydrogen-bond donors (Lipinski definition) is 1. The van der Waals surface area contributed by atoms with Gasteiger partial charge in [0.15, 0.2) is 0 Å². The van der Waals surface area contributed by atoms with E-state index in [9.17, 15) is 22.8 Å². The lowest BCUT2D eigenvalue weighted by molar-refractivity contribution is -0.149. The molecule has 0 aromatic rings. The van der Waals surface area contributed by atoms with Crippen molar-refractivity contribution in [1.29, 1.82) is 0 Å². The maximum absolute atomic E-state index is 11.9. The van der Waals surface area contributed by atoms with Crippen LogP contribution in [0.4, 0.5) is 13.2 Å². The summed E-state index contributed by atoms with van der Waals surface area (Å²) in [4.78, 5) is 24.1. The first-order valence-corrected chi connectivity index (χ1v) is 6.00. The third-order valence-corrected chi connectivity index (χ3v) is 2.14. The molecule has 0 aliphatic carbocycles. The van der Waals surface area contributed by atoms with Gasteiger partial charge in [-0.2, -0.15) is 13.2 Å². The van der Waals surface area contributed by atoms with E-state index in [1.165, 1.54) is 7.11 Å². The van der Waals surface area contributed by atoms with E-state index >= 15 is 0 Å². The number of amides is 1. The Kier molecular flexibility index (Phi) is 8.89. The number of carbonyl (C=O) groups excluding carboxylic acids is 2. The fraction of sp³-hybridized carbons (Fsp3) is 0.818. The molecular formula is C11H19F3N2O4. The van der Waals surface area contributed by atoms with Crippen molar-refractivity contribution < 1.29 is 32.2 Å². The molecule has 6 nitrogen and oxygen atoms in total. The SMILES string of the molecule is CCOC(=O)CN(CCOC)C(=O)CNCC(F)(F)F. The van der Waals surface area contributed by atoms with E-state index in [1.807, 2.05) is 5.32 Å². The fourth-order valence-electron chi connectivity index (χ4n) is 1.28. The highest BCUT2D eigenvalue weighted by Gasteiger charge is 2.27. The van der Waals surface area contributed by atoms with Gasteiger partial charge in [0, 0.05) is 13.7 Å². The van der Waals surface area contributed by atoms with Crippen LogP contribution in [0, 0.1) is 0 Å². The van der Waals surface area contributed by atoms with Gasteiger partial charge in [-0.1, -0.05) is 0 Å². The number of alkyl halides is 3. The van der Waals surface area contributed by atoms with Crippen molar-refractivity contribution in [3.63, 3.8) is 0 Å². The number of esters is 1. The van der Waals surface area contributed by atoms with Gasteiger partial charge in [-0.15, -0.1) is 0 Å². The lowest BCUT2D eigenvalue weighted by Gasteiger charge is -2.21. The molecule has 0 saturated heterocycles. The van der Waals surface area contributed by atoms with E-state index in [2.05, 4.69) is 4.74 Å². The second-order valence-corrected chi connectivity index (χ2v) is 3.83. The largest absolute Gasteiger partial charge is 0.465 e. The molecule has 0 saturated carbocycles. The Balaban J connectivity index is 4.29. The summed E-state index contributed by atoms with van der Waals surface area (Å²) in [6.07, 6.45) is -4.39. The van der Waals surface area contributed by atoms with Crippen molar-refractivity contribution >= 4 is 11.9 Å². The molecule has 1 amide bonds. The number of carbonyl (C=O) groups is 2. The molecule has 0 aromatic carbocycles. The first-order chi connectivity index (χ1) is 9.30. The standard InChI is InChI=1S/C11H19F3N2O4/c1-3-20-10(18)7-16(4-5-19-2)9(17)6-15-8-11(12,13)14/h15H,3-8H2,1-2H3. The number of halogens is 3. The molecule has 118 valence electrons. The maximum Gasteiger partial charge on any atom is 0.401 e. The molecule has 0 bridgehead atoms. The molecular weight excluding hydrogens is 281 g/mol. The normalized spacial score (nSPS) is 11.2. The van der Waals surface area contributed by atoms with Crippen LogP contribution in [0.1, 0.15) is 6.92 Å². The quantitative estimate of drug-likeness (QED) is 0.615. The van der Waals surface area contributed by atoms with Crippen LogP contribution in [0.25, 0.3) is 0 Å². The van der Waals surface area contributed by atoms with Gasteiger partial charge in [0.1, 0.15) is 6.54 Å². The van der Waals surface area contributed by atoms with E-state index in [4.69, 9.17) is 4.74 Å². The second-order valence-electron chi connectivity index (χ2n) is 3.83. The summed E-state index contributed by atoms with van der Waals surface area (Å²) in [5.74, 6) is -1.24. The molecule has 0 aromatic heterocycles. The Hall–Kier alpha value is -1.35. The zero-order valence-electron chi connectivity index (χ0n) is 11.5. The third-order valence-electron chi connectivity index (χ3n) is 2.14. The Labute approximate surface area is 115 Å². The number of hydrogen-bond acceptors (Lipinski definition) is 5. The summed E-state index contributed by atoms with van der Waals surface area (Å²) < 4.78 is 45.3. The average Bonchev–Trinajstić information content (AvgIpc) is 2.33. The molecule has 1 N–H and O–H groups in total. The molecule has 0 aliphatic heterocycles. The van der Waals surface area contributed by atoms with Gasteiger partial charge < -0.3 is 19.7 Å². The van der Waals surface area contributed by atoms with E-state index in [1.54, 1.807) is 6.92 Å². The number of nitrogens with zero attached hydrogens (tertiary/aromatic N) is 1. The summed E-state index contributed by atoms with van der Waals surface area (Å²) in [5.41, 5.74) is 0. The van der Waals surface area contributed by atoms with Crippen LogP contribution in [0.5, 0.6) is 0 Å². The number of ether oxygens (including phenoxy) is 2. The summed E-state index contributed by atoms with van der Waals surface area (Å²) >= 11 is 0. The third kappa shape index (κ3) is 9.56. The molecule has 0 unspecified atom stereocenters. The first-order valence-electron chi connectivity index (χ1n) is 6.00. The van der Waals surface area contributed by atoms with Crippen molar-refractivity contribution in [2.45, 2.75) is 13.1 Å². The van der Waals surface area contributed by atoms with Gasteiger partial charge in [0.2, 0.25) is 5.91 Å². The summed E-state index contributed by atoms with van der Waals surface area (Å²) in [7, 11) is 1.41. The Bertz CT molecular complexity index is 311. The molecule has 0 aliphatic rings. The van der Waals surface area contributed by atoms with Crippen molar-refractivity contribution in [3.8, 4) is 0 Å². The van der Waals surface area contributed by atoms with Crippen LogP contribution < -0.4 is 5.32 Å². The second kappa shape index (κ2) is 9.54. The Morgan fingerprint density at radius 3 is 2.45 bits per heavy atom. The van der Waals surface area contributed by atoms with Gasteiger partial charge >= 0.3 is 12.1 Å². The lowest BCUT2D eigenvalue weighted by Crippen LogP contribution is -2.44. The van der Waals surface area contributed by atoms with E-state index in [0.29, 0.717) is 0 Å². The highest BCUT2D eigenvalue weighted by molar-refractivity contribution is 5.83. The molecule has 0 atom stereocenters. The van der Waals surface area contributed by atoms with E-state index < -0.39 is 31.1 Å². The van der Waals surface area contributed by atoms with E-state index in [0.717, 1.165) is 4.90 Å². The van der Waals surface area contributed by atoms with Crippen LogP contribution in [0.3, 0.4) is 0 Å². The van der Waals surface area contributed by atoms with Crippen molar-refractivity contribution in [3.05, 3.63) is 0 Å². The number of methoxy groups -OCH3 is 1. The maximum atomic E-state index is 11.9. The van der Waals surface area contributed by atoms with Gasteiger partial charge in [-0.05, 0) is 6.92 Å². The number of nitrogens with one attached hydrogen (secondary N) is 1. The molecule has 0 rings (SSSR count).